The van der Waals surface area contributed by atoms with Crippen molar-refractivity contribution in [2.45, 2.75) is 5.37 Å². The maximum atomic E-state index is 11.9. The number of nitrogens with zero attached hydrogens (tertiary/aromatic N) is 1. The maximum Gasteiger partial charge on any atom is 0.337 e. The molecule has 3 N–H and O–H groups in total. The first-order valence-corrected chi connectivity index (χ1v) is 9.07. The van der Waals surface area contributed by atoms with Gasteiger partial charge in [0.05, 0.1) is 11.3 Å². The summed E-state index contributed by atoms with van der Waals surface area (Å²) in [6.45, 7) is 0.493. The number of thioether (sulfide) groups is 1. The van der Waals surface area contributed by atoms with Crippen molar-refractivity contribution < 1.29 is 18.3 Å². The van der Waals surface area contributed by atoms with Gasteiger partial charge >= 0.3 is 5.97 Å². The number of aromatic carboxylic acids is 1. The number of rotatable bonds is 3. The summed E-state index contributed by atoms with van der Waals surface area (Å²) >= 11 is 1.55. The van der Waals surface area contributed by atoms with Crippen LogP contribution in [0.2, 0.25) is 0 Å². The molecule has 1 saturated heterocycles. The summed E-state index contributed by atoms with van der Waals surface area (Å²) in [7, 11) is -3.29. The van der Waals surface area contributed by atoms with E-state index in [0.717, 1.165) is 5.75 Å². The molecule has 8 heteroatoms. The van der Waals surface area contributed by atoms with Crippen molar-refractivity contribution in [3.8, 4) is 0 Å². The van der Waals surface area contributed by atoms with Gasteiger partial charge in [-0.2, -0.15) is 11.8 Å². The first-order valence-electron chi connectivity index (χ1n) is 5.97. The standard InChI is InChI=1S/C12H16N2O4S2/c1-20(17,18)11-7-19-5-4-14(11)10-3-2-8(13)6-9(10)12(15)16/h2-3,6,11H,4-5,7,13H2,1H3,(H,15,16). The fourth-order valence-corrected chi connectivity index (χ4v) is 5.02. The minimum absolute atomic E-state index is 0.0329. The lowest BCUT2D eigenvalue weighted by Gasteiger charge is -2.36. The Morgan fingerprint density at radius 3 is 2.80 bits per heavy atom. The number of hydrogen-bond acceptors (Lipinski definition) is 6. The molecule has 1 heterocycles. The Morgan fingerprint density at radius 1 is 1.50 bits per heavy atom. The van der Waals surface area contributed by atoms with Gasteiger partial charge in [-0.15, -0.1) is 0 Å². The van der Waals surface area contributed by atoms with Crippen molar-refractivity contribution >= 4 is 38.9 Å². The Hall–Kier alpha value is -1.41. The monoisotopic (exact) mass is 316 g/mol. The van der Waals surface area contributed by atoms with Crippen LogP contribution < -0.4 is 10.6 Å². The fraction of sp³-hybridized carbons (Fsp3) is 0.417. The molecule has 0 amide bonds. The largest absolute Gasteiger partial charge is 0.478 e. The third-order valence-electron chi connectivity index (χ3n) is 3.14. The van der Waals surface area contributed by atoms with Crippen LogP contribution in [0.25, 0.3) is 0 Å². The summed E-state index contributed by atoms with van der Waals surface area (Å²) in [6, 6.07) is 4.52. The van der Waals surface area contributed by atoms with Crippen molar-refractivity contribution in [3.63, 3.8) is 0 Å². The van der Waals surface area contributed by atoms with Gasteiger partial charge < -0.3 is 15.7 Å². The van der Waals surface area contributed by atoms with E-state index >= 15 is 0 Å². The summed E-state index contributed by atoms with van der Waals surface area (Å²) in [5.74, 6) is 0.0790. The van der Waals surface area contributed by atoms with Crippen LogP contribution in [-0.4, -0.2) is 49.2 Å². The first-order chi connectivity index (χ1) is 9.30. The van der Waals surface area contributed by atoms with E-state index in [1.54, 1.807) is 28.8 Å². The van der Waals surface area contributed by atoms with E-state index in [0.29, 0.717) is 23.7 Å². The molecule has 20 heavy (non-hydrogen) atoms. The molecular formula is C12H16N2O4S2. The van der Waals surface area contributed by atoms with Gasteiger partial charge in [0.15, 0.2) is 9.84 Å². The van der Waals surface area contributed by atoms with Gasteiger partial charge in [-0.05, 0) is 18.2 Å². The molecular weight excluding hydrogens is 300 g/mol. The Balaban J connectivity index is 2.50. The van der Waals surface area contributed by atoms with E-state index in [2.05, 4.69) is 0 Å². The molecule has 6 nitrogen and oxygen atoms in total. The van der Waals surface area contributed by atoms with Gasteiger partial charge in [-0.25, -0.2) is 13.2 Å². The van der Waals surface area contributed by atoms with Gasteiger partial charge in [0.2, 0.25) is 0 Å². The molecule has 1 aliphatic heterocycles. The number of hydrogen-bond donors (Lipinski definition) is 2. The Bertz CT molecular complexity index is 630. The van der Waals surface area contributed by atoms with E-state index in [1.807, 2.05) is 0 Å². The number of carboxylic acid groups (broad SMARTS) is 1. The summed E-state index contributed by atoms with van der Waals surface area (Å²) in [4.78, 5) is 13.0. The predicted octanol–water partition coefficient (Wildman–Crippen LogP) is 0.891. The van der Waals surface area contributed by atoms with Gasteiger partial charge in [-0.1, -0.05) is 0 Å². The molecule has 1 fully saturated rings. The summed E-state index contributed by atoms with van der Waals surface area (Å²) in [5, 5.41) is 8.57. The lowest BCUT2D eigenvalue weighted by Crippen LogP contribution is -2.47. The van der Waals surface area contributed by atoms with Crippen LogP contribution in [0.5, 0.6) is 0 Å². The highest BCUT2D eigenvalue weighted by Crippen LogP contribution is 2.30. The third-order valence-corrected chi connectivity index (χ3v) is 5.78. The highest BCUT2D eigenvalue weighted by molar-refractivity contribution is 8.01. The molecule has 0 saturated carbocycles. The van der Waals surface area contributed by atoms with Gasteiger partial charge in [0.25, 0.3) is 0 Å². The third kappa shape index (κ3) is 3.01. The maximum absolute atomic E-state index is 11.9. The zero-order valence-corrected chi connectivity index (χ0v) is 12.6. The SMILES string of the molecule is CS(=O)(=O)C1CSCCN1c1ccc(N)cc1C(=O)O. The van der Waals surface area contributed by atoms with Crippen LogP contribution >= 0.6 is 11.8 Å². The van der Waals surface area contributed by atoms with Crippen molar-refractivity contribution in [3.05, 3.63) is 23.8 Å². The zero-order chi connectivity index (χ0) is 14.9. The number of carbonyl (C=O) groups is 1. The minimum Gasteiger partial charge on any atom is -0.478 e. The molecule has 0 spiro atoms. The van der Waals surface area contributed by atoms with E-state index in [-0.39, 0.29) is 5.56 Å². The topological polar surface area (TPSA) is 101 Å². The number of nitrogen functional groups attached to an aromatic ring is 1. The summed E-state index contributed by atoms with van der Waals surface area (Å²) < 4.78 is 23.8. The second-order valence-electron chi connectivity index (χ2n) is 4.63. The number of benzene rings is 1. The normalized spacial score (nSPS) is 19.9. The number of anilines is 2. The van der Waals surface area contributed by atoms with Crippen LogP contribution in [0.4, 0.5) is 11.4 Å². The van der Waals surface area contributed by atoms with E-state index in [9.17, 15) is 18.3 Å². The molecule has 110 valence electrons. The number of sulfone groups is 1. The van der Waals surface area contributed by atoms with Crippen LogP contribution in [0.15, 0.2) is 18.2 Å². The lowest BCUT2D eigenvalue weighted by atomic mass is 10.1. The molecule has 0 aromatic heterocycles. The van der Waals surface area contributed by atoms with Crippen LogP contribution in [0, 0.1) is 0 Å². The predicted molar refractivity (Wildman–Crippen MR) is 81.1 cm³/mol. The second-order valence-corrected chi connectivity index (χ2v) is 7.99. The molecule has 0 aliphatic carbocycles. The van der Waals surface area contributed by atoms with Crippen molar-refractivity contribution in [2.75, 3.05) is 34.9 Å². The van der Waals surface area contributed by atoms with Crippen molar-refractivity contribution in [2.24, 2.45) is 0 Å². The molecule has 1 aromatic carbocycles. The van der Waals surface area contributed by atoms with Crippen molar-refractivity contribution in [1.29, 1.82) is 0 Å². The number of carboxylic acids is 1. The Kier molecular flexibility index (Phi) is 4.14. The quantitative estimate of drug-likeness (QED) is 0.799. The molecule has 1 aliphatic rings. The highest BCUT2D eigenvalue weighted by atomic mass is 32.2. The Labute approximate surface area is 121 Å². The van der Waals surface area contributed by atoms with Gasteiger partial charge in [0, 0.05) is 30.0 Å². The molecule has 1 aromatic rings. The molecule has 0 bridgehead atoms. The van der Waals surface area contributed by atoms with Crippen molar-refractivity contribution in [1.82, 2.24) is 0 Å². The zero-order valence-electron chi connectivity index (χ0n) is 10.9. The molecule has 1 unspecified atom stereocenters. The van der Waals surface area contributed by atoms with Crippen LogP contribution in [-0.2, 0) is 9.84 Å². The van der Waals surface area contributed by atoms with Crippen LogP contribution in [0.3, 0.4) is 0 Å². The lowest BCUT2D eigenvalue weighted by molar-refractivity contribution is 0.0697. The Morgan fingerprint density at radius 2 is 2.20 bits per heavy atom. The van der Waals surface area contributed by atoms with E-state index in [1.165, 1.54) is 12.3 Å². The average Bonchev–Trinajstić information content (AvgIpc) is 2.37. The first kappa shape index (κ1) is 15.0. The smallest absolute Gasteiger partial charge is 0.337 e. The second kappa shape index (κ2) is 5.53. The van der Waals surface area contributed by atoms with Gasteiger partial charge in [0.1, 0.15) is 5.37 Å². The summed E-state index contributed by atoms with van der Waals surface area (Å²) in [5.41, 5.74) is 6.39. The highest BCUT2D eigenvalue weighted by Gasteiger charge is 2.33. The fourth-order valence-electron chi connectivity index (χ4n) is 2.19. The van der Waals surface area contributed by atoms with E-state index in [4.69, 9.17) is 5.73 Å². The summed E-state index contributed by atoms with van der Waals surface area (Å²) in [6.07, 6.45) is 1.17. The van der Waals surface area contributed by atoms with E-state index < -0.39 is 21.2 Å². The number of nitrogens with two attached hydrogens (primary N) is 1. The van der Waals surface area contributed by atoms with Gasteiger partial charge in [-0.3, -0.25) is 0 Å². The van der Waals surface area contributed by atoms with Crippen LogP contribution in [0.1, 0.15) is 10.4 Å². The molecule has 1 atom stereocenters. The molecule has 2 rings (SSSR count). The average molecular weight is 316 g/mol. The molecule has 0 radical (unpaired) electrons. The minimum atomic E-state index is -3.29.